The minimum Gasteiger partial charge on any atom is -0.497 e. The van der Waals surface area contributed by atoms with Crippen molar-refractivity contribution in [1.82, 2.24) is 19.9 Å². The van der Waals surface area contributed by atoms with Gasteiger partial charge in [-0.05, 0) is 23.8 Å². The van der Waals surface area contributed by atoms with E-state index in [2.05, 4.69) is 15.3 Å². The Morgan fingerprint density at radius 3 is 2.69 bits per heavy atom. The van der Waals surface area contributed by atoms with Gasteiger partial charge in [-0.25, -0.2) is 9.78 Å². The number of hydrogen-bond donors (Lipinski definition) is 2. The fourth-order valence-corrected chi connectivity index (χ4v) is 2.62. The van der Waals surface area contributed by atoms with Crippen LogP contribution in [0.5, 0.6) is 5.75 Å². The molecule has 0 aliphatic heterocycles. The lowest BCUT2D eigenvalue weighted by Crippen LogP contribution is -2.33. The summed E-state index contributed by atoms with van der Waals surface area (Å²) >= 11 is 0. The highest BCUT2D eigenvalue weighted by atomic mass is 16.5. The topological polar surface area (TPSA) is 98.2 Å². The van der Waals surface area contributed by atoms with Gasteiger partial charge in [0.15, 0.2) is 5.65 Å². The molecule has 0 atom stereocenters. The maximum Gasteiger partial charge on any atom is 0.328 e. The molecule has 8 nitrogen and oxygen atoms in total. The molecule has 0 unspecified atom stereocenters. The molecule has 0 bridgehead atoms. The summed E-state index contributed by atoms with van der Waals surface area (Å²) < 4.78 is 11.4. The first-order valence-electron chi connectivity index (χ1n) is 8.11. The fourth-order valence-electron chi connectivity index (χ4n) is 2.62. The number of H-pyrrole nitrogens is 1. The minimum atomic E-state index is -0.374. The van der Waals surface area contributed by atoms with Crippen molar-refractivity contribution in [3.63, 3.8) is 0 Å². The predicted molar refractivity (Wildman–Crippen MR) is 97.2 cm³/mol. The van der Waals surface area contributed by atoms with E-state index in [0.29, 0.717) is 24.3 Å². The number of carbonyl (C=O) groups is 1. The minimum absolute atomic E-state index is 0.0870. The van der Waals surface area contributed by atoms with E-state index in [9.17, 15) is 9.59 Å². The van der Waals surface area contributed by atoms with Crippen molar-refractivity contribution in [2.24, 2.45) is 0 Å². The first kappa shape index (κ1) is 17.7. The largest absolute Gasteiger partial charge is 0.497 e. The van der Waals surface area contributed by atoms with Crippen LogP contribution in [0.15, 0.2) is 41.3 Å². The van der Waals surface area contributed by atoms with Crippen LogP contribution in [0.1, 0.15) is 0 Å². The summed E-state index contributed by atoms with van der Waals surface area (Å²) in [6.45, 7) is 0.718. The summed E-state index contributed by atoms with van der Waals surface area (Å²) in [6, 6.07) is 9.37. The quantitative estimate of drug-likeness (QED) is 0.619. The predicted octanol–water partition coefficient (Wildman–Crippen LogP) is 1.16. The SMILES string of the molecule is COCCNC(=O)Cn1c(=O)[nH]c2ncc(-c3ccc(OC)cc3)cc21. The number of nitrogens with one attached hydrogen (secondary N) is 2. The third-order valence-electron chi connectivity index (χ3n) is 3.98. The molecule has 0 aliphatic rings. The number of amides is 1. The second kappa shape index (κ2) is 7.83. The third kappa shape index (κ3) is 3.75. The number of hydrogen-bond acceptors (Lipinski definition) is 5. The number of rotatable bonds is 7. The Balaban J connectivity index is 1.90. The molecule has 3 aromatic rings. The first-order valence-corrected chi connectivity index (χ1v) is 8.11. The maximum absolute atomic E-state index is 12.2. The molecular weight excluding hydrogens is 336 g/mol. The monoisotopic (exact) mass is 356 g/mol. The van der Waals surface area contributed by atoms with Gasteiger partial charge in [-0.1, -0.05) is 12.1 Å². The zero-order chi connectivity index (χ0) is 18.5. The number of aromatic amines is 1. The van der Waals surface area contributed by atoms with Gasteiger partial charge in [-0.15, -0.1) is 0 Å². The van der Waals surface area contributed by atoms with Crippen LogP contribution in [0, 0.1) is 0 Å². The molecular formula is C18H20N4O4. The van der Waals surface area contributed by atoms with Crippen molar-refractivity contribution in [2.45, 2.75) is 6.54 Å². The van der Waals surface area contributed by atoms with Crippen LogP contribution in [-0.2, 0) is 16.1 Å². The second-order valence-corrected chi connectivity index (χ2v) is 5.68. The van der Waals surface area contributed by atoms with Crippen LogP contribution < -0.4 is 15.7 Å². The molecule has 2 aromatic heterocycles. The van der Waals surface area contributed by atoms with Crippen molar-refractivity contribution in [3.05, 3.63) is 47.0 Å². The summed E-state index contributed by atoms with van der Waals surface area (Å²) in [5, 5.41) is 2.70. The molecule has 1 aromatic carbocycles. The highest BCUT2D eigenvalue weighted by molar-refractivity contribution is 5.81. The lowest BCUT2D eigenvalue weighted by atomic mass is 10.1. The van der Waals surface area contributed by atoms with Crippen molar-refractivity contribution in [2.75, 3.05) is 27.4 Å². The lowest BCUT2D eigenvalue weighted by Gasteiger charge is -2.07. The van der Waals surface area contributed by atoms with Gasteiger partial charge in [0.05, 0.1) is 19.2 Å². The van der Waals surface area contributed by atoms with Gasteiger partial charge in [0.25, 0.3) is 0 Å². The Morgan fingerprint density at radius 1 is 1.23 bits per heavy atom. The highest BCUT2D eigenvalue weighted by Crippen LogP contribution is 2.24. The van der Waals surface area contributed by atoms with Crippen LogP contribution in [0.2, 0.25) is 0 Å². The Labute approximate surface area is 149 Å². The number of carbonyl (C=O) groups excluding carboxylic acids is 1. The van der Waals surface area contributed by atoms with Gasteiger partial charge in [0.2, 0.25) is 5.91 Å². The molecule has 0 fully saturated rings. The standard InChI is InChI=1S/C18H20N4O4/c1-25-8-7-19-16(23)11-22-15-9-13(10-20-17(15)21-18(22)24)12-3-5-14(26-2)6-4-12/h3-6,9-10H,7-8,11H2,1-2H3,(H,19,23)(H,20,21,24). The molecule has 0 saturated heterocycles. The van der Waals surface area contributed by atoms with Gasteiger partial charge in [0.1, 0.15) is 12.3 Å². The van der Waals surface area contributed by atoms with E-state index in [1.54, 1.807) is 20.4 Å². The molecule has 136 valence electrons. The number of imidazole rings is 1. The Bertz CT molecular complexity index is 959. The number of aromatic nitrogens is 3. The normalized spacial score (nSPS) is 10.8. The average molecular weight is 356 g/mol. The average Bonchev–Trinajstić information content (AvgIpc) is 2.97. The first-order chi connectivity index (χ1) is 12.6. The summed E-state index contributed by atoms with van der Waals surface area (Å²) in [6.07, 6.45) is 1.68. The zero-order valence-corrected chi connectivity index (χ0v) is 14.6. The maximum atomic E-state index is 12.2. The summed E-state index contributed by atoms with van der Waals surface area (Å²) in [4.78, 5) is 31.2. The second-order valence-electron chi connectivity index (χ2n) is 5.68. The number of pyridine rings is 1. The van der Waals surface area contributed by atoms with Gasteiger partial charge in [-0.2, -0.15) is 0 Å². The van der Waals surface area contributed by atoms with Crippen LogP contribution in [0.3, 0.4) is 0 Å². The summed E-state index contributed by atoms with van der Waals surface area (Å²) in [7, 11) is 3.17. The summed E-state index contributed by atoms with van der Waals surface area (Å²) in [5.74, 6) is 0.494. The third-order valence-corrected chi connectivity index (χ3v) is 3.98. The van der Waals surface area contributed by atoms with E-state index >= 15 is 0 Å². The fraction of sp³-hybridized carbons (Fsp3) is 0.278. The molecule has 2 heterocycles. The smallest absolute Gasteiger partial charge is 0.328 e. The molecule has 26 heavy (non-hydrogen) atoms. The molecule has 2 N–H and O–H groups in total. The lowest BCUT2D eigenvalue weighted by molar-refractivity contribution is -0.121. The van der Waals surface area contributed by atoms with E-state index in [0.717, 1.165) is 16.9 Å². The molecule has 1 amide bonds. The van der Waals surface area contributed by atoms with Crippen LogP contribution >= 0.6 is 0 Å². The number of methoxy groups -OCH3 is 2. The Morgan fingerprint density at radius 2 is 2.00 bits per heavy atom. The van der Waals surface area contributed by atoms with Gasteiger partial charge in [-0.3, -0.25) is 14.3 Å². The van der Waals surface area contributed by atoms with Crippen molar-refractivity contribution >= 4 is 17.1 Å². The summed E-state index contributed by atoms with van der Waals surface area (Å²) in [5.41, 5.74) is 2.42. The zero-order valence-electron chi connectivity index (χ0n) is 14.6. The molecule has 0 aliphatic carbocycles. The van der Waals surface area contributed by atoms with Crippen molar-refractivity contribution < 1.29 is 14.3 Å². The van der Waals surface area contributed by atoms with Gasteiger partial charge < -0.3 is 14.8 Å². The number of nitrogens with zero attached hydrogens (tertiary/aromatic N) is 2. The van der Waals surface area contributed by atoms with Crippen molar-refractivity contribution in [1.29, 1.82) is 0 Å². The van der Waals surface area contributed by atoms with Gasteiger partial charge >= 0.3 is 5.69 Å². The molecule has 8 heteroatoms. The van der Waals surface area contributed by atoms with Crippen molar-refractivity contribution in [3.8, 4) is 16.9 Å². The van der Waals surface area contributed by atoms with Gasteiger partial charge in [0, 0.05) is 25.4 Å². The molecule has 0 saturated carbocycles. The molecule has 3 rings (SSSR count). The Kier molecular flexibility index (Phi) is 5.33. The van der Waals surface area contributed by atoms with E-state index < -0.39 is 0 Å². The molecule has 0 spiro atoms. The van der Waals surface area contributed by atoms with Crippen LogP contribution in [-0.4, -0.2) is 47.8 Å². The number of ether oxygens (including phenoxy) is 2. The Hall–Kier alpha value is -3.13. The molecule has 0 radical (unpaired) electrons. The van der Waals surface area contributed by atoms with E-state index in [4.69, 9.17) is 9.47 Å². The van der Waals surface area contributed by atoms with Crippen LogP contribution in [0.25, 0.3) is 22.3 Å². The number of benzene rings is 1. The number of fused-ring (bicyclic) bond motifs is 1. The van der Waals surface area contributed by atoms with Crippen LogP contribution in [0.4, 0.5) is 0 Å². The van der Waals surface area contributed by atoms with E-state index in [1.165, 1.54) is 4.57 Å². The highest BCUT2D eigenvalue weighted by Gasteiger charge is 2.12. The van der Waals surface area contributed by atoms with E-state index in [-0.39, 0.29) is 18.1 Å². The van der Waals surface area contributed by atoms with E-state index in [1.807, 2.05) is 30.3 Å².